The van der Waals surface area contributed by atoms with Crippen molar-refractivity contribution in [2.45, 2.75) is 32.7 Å². The van der Waals surface area contributed by atoms with E-state index in [1.807, 2.05) is 24.3 Å². The van der Waals surface area contributed by atoms with Crippen molar-refractivity contribution in [1.82, 2.24) is 4.90 Å². The highest BCUT2D eigenvalue weighted by Gasteiger charge is 2.26. The smallest absolute Gasteiger partial charge is 0.163 e. The summed E-state index contributed by atoms with van der Waals surface area (Å²) in [6.07, 6.45) is 2.48. The highest BCUT2D eigenvalue weighted by atomic mass is 35.5. The van der Waals surface area contributed by atoms with Gasteiger partial charge in [-0.05, 0) is 44.4 Å². The molecular formula is C17H27ClN2O2. The second-order valence-corrected chi connectivity index (χ2v) is 5.86. The number of Topliss-reactive ketones (excluding diaryl/α,β-unsaturated/α-hetero) is 1. The summed E-state index contributed by atoms with van der Waals surface area (Å²) in [6.45, 7) is 7.08. The van der Waals surface area contributed by atoms with Crippen LogP contribution in [0.5, 0.6) is 5.75 Å². The maximum atomic E-state index is 11.6. The van der Waals surface area contributed by atoms with E-state index >= 15 is 0 Å². The largest absolute Gasteiger partial charge is 0.491 e. The Morgan fingerprint density at radius 2 is 2.14 bits per heavy atom. The first-order valence-electron chi connectivity index (χ1n) is 7.80. The summed E-state index contributed by atoms with van der Waals surface area (Å²) in [5.74, 6) is 1.37. The molecular weight excluding hydrogens is 300 g/mol. The lowest BCUT2D eigenvalue weighted by Crippen LogP contribution is -2.49. The Hall–Kier alpha value is -1.10. The number of benzene rings is 1. The van der Waals surface area contributed by atoms with E-state index in [0.717, 1.165) is 13.1 Å². The first-order chi connectivity index (χ1) is 10.1. The predicted molar refractivity (Wildman–Crippen MR) is 92.0 cm³/mol. The third-order valence-electron chi connectivity index (χ3n) is 4.37. The first kappa shape index (κ1) is 18.9. The number of rotatable bonds is 6. The van der Waals surface area contributed by atoms with Crippen LogP contribution in [0, 0.1) is 5.92 Å². The van der Waals surface area contributed by atoms with Crippen molar-refractivity contribution in [3.05, 3.63) is 29.8 Å². The van der Waals surface area contributed by atoms with Crippen LogP contribution in [0.2, 0.25) is 0 Å². The molecule has 4 nitrogen and oxygen atoms in total. The van der Waals surface area contributed by atoms with Gasteiger partial charge in [0.1, 0.15) is 12.4 Å². The van der Waals surface area contributed by atoms with Gasteiger partial charge >= 0.3 is 0 Å². The minimum Gasteiger partial charge on any atom is -0.491 e. The van der Waals surface area contributed by atoms with Gasteiger partial charge in [-0.2, -0.15) is 0 Å². The number of ketones is 1. The van der Waals surface area contributed by atoms with Crippen molar-refractivity contribution in [2.24, 2.45) is 11.7 Å². The van der Waals surface area contributed by atoms with E-state index in [1.165, 1.54) is 12.8 Å². The van der Waals surface area contributed by atoms with Gasteiger partial charge in [0.25, 0.3) is 0 Å². The van der Waals surface area contributed by atoms with Crippen LogP contribution >= 0.6 is 12.4 Å². The molecule has 5 heteroatoms. The van der Waals surface area contributed by atoms with Crippen LogP contribution in [0.1, 0.15) is 37.0 Å². The molecule has 0 aliphatic carbocycles. The lowest BCUT2D eigenvalue weighted by atomic mass is 9.91. The molecule has 0 saturated carbocycles. The van der Waals surface area contributed by atoms with Gasteiger partial charge in [0, 0.05) is 19.1 Å². The lowest BCUT2D eigenvalue weighted by molar-refractivity contribution is 0.0887. The number of nitrogens with zero attached hydrogens (tertiary/aromatic N) is 1. The average Bonchev–Trinajstić information content (AvgIpc) is 2.48. The molecule has 0 aromatic heterocycles. The van der Waals surface area contributed by atoms with Crippen LogP contribution in [0.25, 0.3) is 0 Å². The van der Waals surface area contributed by atoms with E-state index in [1.54, 1.807) is 6.92 Å². The van der Waals surface area contributed by atoms with Gasteiger partial charge in [0.05, 0.1) is 5.56 Å². The molecule has 0 radical (unpaired) electrons. The predicted octanol–water partition coefficient (Wildman–Crippen LogP) is 2.75. The minimum absolute atomic E-state index is 0. The van der Waals surface area contributed by atoms with Crippen molar-refractivity contribution in [3.8, 4) is 5.75 Å². The van der Waals surface area contributed by atoms with Crippen molar-refractivity contribution in [2.75, 3.05) is 26.2 Å². The molecule has 22 heavy (non-hydrogen) atoms. The second-order valence-electron chi connectivity index (χ2n) is 5.86. The fourth-order valence-electron chi connectivity index (χ4n) is 3.15. The number of likely N-dealkylation sites (tertiary alicyclic amines) is 1. The van der Waals surface area contributed by atoms with Gasteiger partial charge in [-0.25, -0.2) is 0 Å². The van der Waals surface area contributed by atoms with Gasteiger partial charge in [-0.1, -0.05) is 19.1 Å². The van der Waals surface area contributed by atoms with Crippen LogP contribution < -0.4 is 10.5 Å². The number of hydrogen-bond acceptors (Lipinski definition) is 4. The molecule has 1 aromatic carbocycles. The van der Waals surface area contributed by atoms with Crippen LogP contribution in [-0.2, 0) is 0 Å². The summed E-state index contributed by atoms with van der Waals surface area (Å²) in [5.41, 5.74) is 6.56. The normalized spacial score (nSPS) is 22.0. The molecule has 1 heterocycles. The lowest BCUT2D eigenvalue weighted by Gasteiger charge is -2.39. The van der Waals surface area contributed by atoms with E-state index in [0.29, 0.717) is 36.4 Å². The molecule has 2 unspecified atom stereocenters. The van der Waals surface area contributed by atoms with Crippen molar-refractivity contribution in [1.29, 1.82) is 0 Å². The third-order valence-corrected chi connectivity index (χ3v) is 4.37. The SMILES string of the molecule is CC(=O)c1ccccc1OCCN1CCCC(C)C1CN.Cl. The number of ether oxygens (including phenoxy) is 1. The van der Waals surface area contributed by atoms with E-state index < -0.39 is 0 Å². The van der Waals surface area contributed by atoms with Crippen LogP contribution in [0.4, 0.5) is 0 Å². The Balaban J connectivity index is 0.00000242. The summed E-state index contributed by atoms with van der Waals surface area (Å²) in [5, 5.41) is 0. The third kappa shape index (κ3) is 4.70. The molecule has 1 aromatic rings. The molecule has 1 aliphatic heterocycles. The Bertz CT molecular complexity index is 481. The van der Waals surface area contributed by atoms with Crippen LogP contribution in [0.3, 0.4) is 0 Å². The number of hydrogen-bond donors (Lipinski definition) is 1. The standard InChI is InChI=1S/C17H26N2O2.ClH/c1-13-6-5-9-19(16(13)12-18)10-11-21-17-8-4-3-7-15(17)14(2)20;/h3-4,7-8,13,16H,5-6,9-12,18H2,1-2H3;1H. The van der Waals surface area contributed by atoms with Crippen molar-refractivity contribution >= 4 is 18.2 Å². The summed E-state index contributed by atoms with van der Waals surface area (Å²) in [6, 6.07) is 7.87. The number of carbonyl (C=O) groups is 1. The first-order valence-corrected chi connectivity index (χ1v) is 7.80. The molecule has 1 aliphatic rings. The fourth-order valence-corrected chi connectivity index (χ4v) is 3.15. The summed E-state index contributed by atoms with van der Waals surface area (Å²) >= 11 is 0. The van der Waals surface area contributed by atoms with Gasteiger partial charge in [0.15, 0.2) is 5.78 Å². The molecule has 124 valence electrons. The maximum Gasteiger partial charge on any atom is 0.163 e. The van der Waals surface area contributed by atoms with E-state index in [-0.39, 0.29) is 18.2 Å². The summed E-state index contributed by atoms with van der Waals surface area (Å²) in [4.78, 5) is 14.0. The van der Waals surface area contributed by atoms with Crippen molar-refractivity contribution < 1.29 is 9.53 Å². The van der Waals surface area contributed by atoms with Gasteiger partial charge < -0.3 is 10.5 Å². The van der Waals surface area contributed by atoms with E-state index in [4.69, 9.17) is 10.5 Å². The highest BCUT2D eigenvalue weighted by Crippen LogP contribution is 2.23. The number of nitrogens with two attached hydrogens (primary N) is 1. The second kappa shape index (κ2) is 9.13. The zero-order valence-electron chi connectivity index (χ0n) is 13.5. The molecule has 1 fully saturated rings. The van der Waals surface area contributed by atoms with Gasteiger partial charge in [0.2, 0.25) is 0 Å². The fraction of sp³-hybridized carbons (Fsp3) is 0.588. The Morgan fingerprint density at radius 1 is 1.41 bits per heavy atom. The molecule has 2 rings (SSSR count). The summed E-state index contributed by atoms with van der Waals surface area (Å²) < 4.78 is 5.83. The number of piperidine rings is 1. The van der Waals surface area contributed by atoms with E-state index in [9.17, 15) is 4.79 Å². The quantitative estimate of drug-likeness (QED) is 0.817. The molecule has 1 saturated heterocycles. The zero-order chi connectivity index (χ0) is 15.2. The number of para-hydroxylation sites is 1. The maximum absolute atomic E-state index is 11.6. The topological polar surface area (TPSA) is 55.6 Å². The Morgan fingerprint density at radius 3 is 2.82 bits per heavy atom. The Labute approximate surface area is 139 Å². The molecule has 0 bridgehead atoms. The number of halogens is 1. The Kier molecular flexibility index (Phi) is 7.87. The average molecular weight is 327 g/mol. The molecule has 0 spiro atoms. The zero-order valence-corrected chi connectivity index (χ0v) is 14.3. The van der Waals surface area contributed by atoms with Crippen LogP contribution in [-0.4, -0.2) is 43.0 Å². The number of carbonyl (C=O) groups excluding carboxylic acids is 1. The van der Waals surface area contributed by atoms with Crippen molar-refractivity contribution in [3.63, 3.8) is 0 Å². The monoisotopic (exact) mass is 326 g/mol. The summed E-state index contributed by atoms with van der Waals surface area (Å²) in [7, 11) is 0. The highest BCUT2D eigenvalue weighted by molar-refractivity contribution is 5.96. The van der Waals surface area contributed by atoms with Gasteiger partial charge in [-0.15, -0.1) is 12.4 Å². The minimum atomic E-state index is 0. The molecule has 0 amide bonds. The van der Waals surface area contributed by atoms with Gasteiger partial charge in [-0.3, -0.25) is 9.69 Å². The van der Waals surface area contributed by atoms with E-state index in [2.05, 4.69) is 11.8 Å². The molecule has 2 N–H and O–H groups in total. The molecule has 2 atom stereocenters. The van der Waals surface area contributed by atoms with Crippen LogP contribution in [0.15, 0.2) is 24.3 Å².